The number of halogens is 2. The van der Waals surface area contributed by atoms with Crippen LogP contribution in [0, 0.1) is 11.6 Å². The van der Waals surface area contributed by atoms with Crippen LogP contribution >= 0.6 is 0 Å². The molecule has 4 heteroatoms. The fourth-order valence-corrected chi connectivity index (χ4v) is 3.55. The normalized spacial score (nSPS) is 16.2. The van der Waals surface area contributed by atoms with Crippen LogP contribution < -0.4 is 0 Å². The molecule has 0 bridgehead atoms. The highest BCUT2D eigenvalue weighted by molar-refractivity contribution is 5.95. The van der Waals surface area contributed by atoms with Gasteiger partial charge in [-0.3, -0.25) is 4.79 Å². The molecule has 2 nitrogen and oxygen atoms in total. The van der Waals surface area contributed by atoms with E-state index in [2.05, 4.69) is 6.07 Å². The van der Waals surface area contributed by atoms with E-state index in [0.29, 0.717) is 12.1 Å². The fourth-order valence-electron chi connectivity index (χ4n) is 3.55. The largest absolute Gasteiger partial charge is 0.327 e. The van der Waals surface area contributed by atoms with Crippen LogP contribution in [0.15, 0.2) is 72.8 Å². The molecule has 0 spiro atoms. The van der Waals surface area contributed by atoms with E-state index in [-0.39, 0.29) is 23.6 Å². The summed E-state index contributed by atoms with van der Waals surface area (Å²) in [5.41, 5.74) is 3.53. The molecule has 0 aromatic heterocycles. The van der Waals surface area contributed by atoms with Crippen molar-refractivity contribution >= 4 is 5.91 Å². The van der Waals surface area contributed by atoms with Gasteiger partial charge in [0.1, 0.15) is 11.6 Å². The third kappa shape index (κ3) is 2.99. The van der Waals surface area contributed by atoms with Crippen LogP contribution in [0.25, 0.3) is 0 Å². The van der Waals surface area contributed by atoms with Crippen molar-refractivity contribution in [3.63, 3.8) is 0 Å². The van der Waals surface area contributed by atoms with Crippen molar-refractivity contribution in [1.29, 1.82) is 0 Å². The summed E-state index contributed by atoms with van der Waals surface area (Å²) in [6.45, 7) is 0.551. The van der Waals surface area contributed by atoms with Gasteiger partial charge in [0.25, 0.3) is 5.91 Å². The Kier molecular flexibility index (Phi) is 4.25. The van der Waals surface area contributed by atoms with E-state index in [0.717, 1.165) is 17.5 Å². The molecule has 0 unspecified atom stereocenters. The van der Waals surface area contributed by atoms with Crippen molar-refractivity contribution in [3.05, 3.63) is 107 Å². The lowest BCUT2D eigenvalue weighted by Crippen LogP contribution is -2.40. The third-order valence-corrected chi connectivity index (χ3v) is 4.82. The summed E-state index contributed by atoms with van der Waals surface area (Å²) >= 11 is 0. The molecule has 130 valence electrons. The lowest BCUT2D eigenvalue weighted by atomic mass is 9.87. The predicted molar refractivity (Wildman–Crippen MR) is 95.8 cm³/mol. The molecule has 0 N–H and O–H groups in total. The maximum Gasteiger partial charge on any atom is 0.254 e. The molecule has 3 aromatic carbocycles. The van der Waals surface area contributed by atoms with Gasteiger partial charge in [0.2, 0.25) is 0 Å². The molecule has 3 aromatic rings. The first-order chi connectivity index (χ1) is 12.6. The summed E-state index contributed by atoms with van der Waals surface area (Å²) in [5, 5.41) is 0. The number of carbonyl (C=O) groups excluding carboxylic acids is 1. The average molecular weight is 349 g/mol. The number of hydrogen-bond acceptors (Lipinski definition) is 1. The van der Waals surface area contributed by atoms with E-state index in [1.807, 2.05) is 18.2 Å². The van der Waals surface area contributed by atoms with Gasteiger partial charge < -0.3 is 4.90 Å². The van der Waals surface area contributed by atoms with Crippen molar-refractivity contribution < 1.29 is 13.6 Å². The third-order valence-electron chi connectivity index (χ3n) is 4.82. The van der Waals surface area contributed by atoms with Crippen molar-refractivity contribution in [1.82, 2.24) is 4.90 Å². The molecule has 4 rings (SSSR count). The quantitative estimate of drug-likeness (QED) is 0.654. The Balaban J connectivity index is 1.78. The SMILES string of the molecule is O=C(c1ccc(F)cc1)N1CCc2ccccc2[C@@H]1c1ccc(F)cc1. The van der Waals surface area contributed by atoms with Gasteiger partial charge in [-0.05, 0) is 59.5 Å². The maximum absolute atomic E-state index is 13.4. The average Bonchev–Trinajstić information content (AvgIpc) is 2.68. The minimum atomic E-state index is -0.374. The Morgan fingerprint density at radius 2 is 1.46 bits per heavy atom. The number of amides is 1. The van der Waals surface area contributed by atoms with Crippen molar-refractivity contribution in [3.8, 4) is 0 Å². The zero-order valence-electron chi connectivity index (χ0n) is 14.0. The molecular weight excluding hydrogens is 332 g/mol. The fraction of sp³-hybridized carbons (Fsp3) is 0.136. The number of fused-ring (bicyclic) bond motifs is 1. The van der Waals surface area contributed by atoms with Gasteiger partial charge in [-0.1, -0.05) is 36.4 Å². The van der Waals surface area contributed by atoms with Gasteiger partial charge in [-0.25, -0.2) is 8.78 Å². The number of nitrogens with zero attached hydrogens (tertiary/aromatic N) is 1. The van der Waals surface area contributed by atoms with Crippen molar-refractivity contribution in [2.45, 2.75) is 12.5 Å². The van der Waals surface area contributed by atoms with Crippen molar-refractivity contribution in [2.24, 2.45) is 0 Å². The Morgan fingerprint density at radius 1 is 0.846 bits per heavy atom. The minimum absolute atomic E-state index is 0.158. The molecule has 1 atom stereocenters. The second-order valence-electron chi connectivity index (χ2n) is 6.41. The van der Waals surface area contributed by atoms with E-state index in [9.17, 15) is 13.6 Å². The highest BCUT2D eigenvalue weighted by Gasteiger charge is 2.32. The predicted octanol–water partition coefficient (Wildman–Crippen LogP) is 4.75. The first kappa shape index (κ1) is 16.5. The van der Waals surface area contributed by atoms with Crippen LogP contribution in [0.5, 0.6) is 0 Å². The molecule has 1 heterocycles. The van der Waals surface area contributed by atoms with E-state index in [1.165, 1.54) is 42.0 Å². The van der Waals surface area contributed by atoms with Gasteiger partial charge in [-0.15, -0.1) is 0 Å². The Labute approximate surface area is 150 Å². The molecule has 0 saturated heterocycles. The Morgan fingerprint density at radius 3 is 2.15 bits per heavy atom. The maximum atomic E-state index is 13.4. The van der Waals surface area contributed by atoms with Gasteiger partial charge >= 0.3 is 0 Å². The molecule has 0 fully saturated rings. The highest BCUT2D eigenvalue weighted by Crippen LogP contribution is 2.36. The molecule has 1 aliphatic heterocycles. The van der Waals surface area contributed by atoms with Crippen LogP contribution in [0.4, 0.5) is 8.78 Å². The summed E-state index contributed by atoms with van der Waals surface area (Å²) in [5.74, 6) is -0.844. The van der Waals surface area contributed by atoms with E-state index in [4.69, 9.17) is 0 Å². The van der Waals surface area contributed by atoms with Crippen molar-refractivity contribution in [2.75, 3.05) is 6.54 Å². The number of benzene rings is 3. The smallest absolute Gasteiger partial charge is 0.254 e. The van der Waals surface area contributed by atoms with Crippen LogP contribution in [0.1, 0.15) is 33.1 Å². The summed E-state index contributed by atoms with van der Waals surface area (Å²) in [4.78, 5) is 14.9. The molecular formula is C22H17F2NO. The topological polar surface area (TPSA) is 20.3 Å². The van der Waals surface area contributed by atoms with Gasteiger partial charge in [0.15, 0.2) is 0 Å². The molecule has 1 amide bonds. The first-order valence-electron chi connectivity index (χ1n) is 8.53. The minimum Gasteiger partial charge on any atom is -0.327 e. The molecule has 0 saturated carbocycles. The second kappa shape index (κ2) is 6.71. The van der Waals surface area contributed by atoms with E-state index >= 15 is 0 Å². The highest BCUT2D eigenvalue weighted by atomic mass is 19.1. The molecule has 0 radical (unpaired) electrons. The zero-order chi connectivity index (χ0) is 18.1. The molecule has 0 aliphatic carbocycles. The first-order valence-corrected chi connectivity index (χ1v) is 8.53. The number of hydrogen-bond donors (Lipinski definition) is 0. The Hall–Kier alpha value is -3.01. The summed E-state index contributed by atoms with van der Waals surface area (Å²) in [6.07, 6.45) is 0.751. The standard InChI is InChI=1S/C22H17F2NO/c23-18-9-5-16(6-10-18)21-20-4-2-1-3-15(20)13-14-25(21)22(26)17-7-11-19(24)12-8-17/h1-12,21H,13-14H2/t21-/m0/s1. The second-order valence-corrected chi connectivity index (χ2v) is 6.41. The Bertz CT molecular complexity index is 935. The van der Waals surface area contributed by atoms with Crippen LogP contribution in [-0.4, -0.2) is 17.4 Å². The zero-order valence-corrected chi connectivity index (χ0v) is 14.0. The molecule has 1 aliphatic rings. The lowest BCUT2D eigenvalue weighted by molar-refractivity contribution is 0.0694. The van der Waals surface area contributed by atoms with E-state index in [1.54, 1.807) is 17.0 Å². The van der Waals surface area contributed by atoms with E-state index < -0.39 is 0 Å². The van der Waals surface area contributed by atoms with Gasteiger partial charge in [-0.2, -0.15) is 0 Å². The molecule has 26 heavy (non-hydrogen) atoms. The number of rotatable bonds is 2. The van der Waals surface area contributed by atoms with Gasteiger partial charge in [0.05, 0.1) is 6.04 Å². The van der Waals surface area contributed by atoms with Crippen LogP contribution in [-0.2, 0) is 6.42 Å². The van der Waals surface area contributed by atoms with Gasteiger partial charge in [0, 0.05) is 12.1 Å². The number of carbonyl (C=O) groups is 1. The van der Waals surface area contributed by atoms with Crippen LogP contribution in [0.3, 0.4) is 0 Å². The van der Waals surface area contributed by atoms with Crippen LogP contribution in [0.2, 0.25) is 0 Å². The summed E-state index contributed by atoms with van der Waals surface area (Å²) in [7, 11) is 0. The summed E-state index contributed by atoms with van der Waals surface area (Å²) in [6, 6.07) is 19.5. The monoisotopic (exact) mass is 349 g/mol. The summed E-state index contributed by atoms with van der Waals surface area (Å²) < 4.78 is 26.6. The lowest BCUT2D eigenvalue weighted by Gasteiger charge is -2.38.